The second kappa shape index (κ2) is 6.38. The molecule has 0 amide bonds. The molecule has 0 bridgehead atoms. The van der Waals surface area contributed by atoms with Crippen molar-refractivity contribution in [1.82, 2.24) is 10.2 Å². The summed E-state index contributed by atoms with van der Waals surface area (Å²) >= 11 is 0. The van der Waals surface area contributed by atoms with E-state index in [0.717, 1.165) is 32.1 Å². The second-order valence-electron chi connectivity index (χ2n) is 4.13. The molecule has 0 spiro atoms. The van der Waals surface area contributed by atoms with Gasteiger partial charge in [0.15, 0.2) is 0 Å². The number of rotatable bonds is 5. The van der Waals surface area contributed by atoms with Gasteiger partial charge in [-0.15, -0.1) is 0 Å². The minimum Gasteiger partial charge on any atom is -0.329 e. The Morgan fingerprint density at radius 2 is 2.14 bits per heavy atom. The summed E-state index contributed by atoms with van der Waals surface area (Å²) < 4.78 is 0. The number of nitrogens with one attached hydrogen (secondary N) is 1. The van der Waals surface area contributed by atoms with Crippen LogP contribution in [0.1, 0.15) is 26.7 Å². The molecule has 0 aliphatic carbocycles. The molecule has 1 rings (SSSR count). The Balaban J connectivity index is 2.49. The third-order valence-corrected chi connectivity index (χ3v) is 3.40. The molecule has 0 aromatic rings. The van der Waals surface area contributed by atoms with Gasteiger partial charge in [-0.2, -0.15) is 0 Å². The molecule has 1 fully saturated rings. The van der Waals surface area contributed by atoms with Crippen LogP contribution >= 0.6 is 0 Å². The van der Waals surface area contributed by atoms with Crippen LogP contribution in [0.25, 0.3) is 0 Å². The minimum atomic E-state index is 0.581. The van der Waals surface area contributed by atoms with E-state index in [1.165, 1.54) is 19.4 Å². The van der Waals surface area contributed by atoms with Gasteiger partial charge in [0.05, 0.1) is 0 Å². The fraction of sp³-hybridized carbons (Fsp3) is 1.00. The molecule has 1 saturated heterocycles. The smallest absolute Gasteiger partial charge is 0.0258 e. The van der Waals surface area contributed by atoms with Gasteiger partial charge in [-0.25, -0.2) is 0 Å². The number of hydrogen-bond acceptors (Lipinski definition) is 3. The number of nitrogens with zero attached hydrogens (tertiary/aromatic N) is 1. The standard InChI is InChI=1S/C11H25N3/c1-3-14(4-2)11(8-12)10-6-5-7-13-9-10/h10-11,13H,3-9,12H2,1-2H3. The van der Waals surface area contributed by atoms with Gasteiger partial charge in [-0.3, -0.25) is 4.90 Å². The number of nitrogens with two attached hydrogens (primary N) is 1. The molecule has 0 saturated carbocycles. The molecule has 1 aliphatic heterocycles. The molecule has 3 nitrogen and oxygen atoms in total. The Hall–Kier alpha value is -0.120. The van der Waals surface area contributed by atoms with E-state index >= 15 is 0 Å². The Bertz CT molecular complexity index is 139. The molecule has 1 heterocycles. The van der Waals surface area contributed by atoms with E-state index in [0.29, 0.717) is 6.04 Å². The van der Waals surface area contributed by atoms with E-state index in [-0.39, 0.29) is 0 Å². The summed E-state index contributed by atoms with van der Waals surface area (Å²) in [5, 5.41) is 3.47. The average molecular weight is 199 g/mol. The third kappa shape index (κ3) is 2.94. The summed E-state index contributed by atoms with van der Waals surface area (Å²) in [7, 11) is 0. The Kier molecular flexibility index (Phi) is 5.45. The van der Waals surface area contributed by atoms with Crippen LogP contribution in [0.5, 0.6) is 0 Å². The van der Waals surface area contributed by atoms with Crippen LogP contribution in [0.2, 0.25) is 0 Å². The van der Waals surface area contributed by atoms with Gasteiger partial charge in [-0.05, 0) is 44.9 Å². The molecular formula is C11H25N3. The first kappa shape index (κ1) is 12.0. The minimum absolute atomic E-state index is 0.581. The zero-order valence-corrected chi connectivity index (χ0v) is 9.63. The van der Waals surface area contributed by atoms with Gasteiger partial charge in [-0.1, -0.05) is 13.8 Å². The van der Waals surface area contributed by atoms with Crippen molar-refractivity contribution in [2.45, 2.75) is 32.7 Å². The largest absolute Gasteiger partial charge is 0.329 e. The van der Waals surface area contributed by atoms with E-state index in [1.54, 1.807) is 0 Å². The van der Waals surface area contributed by atoms with Crippen molar-refractivity contribution in [2.75, 3.05) is 32.7 Å². The van der Waals surface area contributed by atoms with Crippen LogP contribution in [-0.4, -0.2) is 43.7 Å². The first-order valence-corrected chi connectivity index (χ1v) is 5.98. The summed E-state index contributed by atoms with van der Waals surface area (Å²) in [5.74, 6) is 0.758. The SMILES string of the molecule is CCN(CC)C(CN)C1CCCNC1. The maximum absolute atomic E-state index is 5.89. The predicted octanol–water partition coefficient (Wildman–Crippen LogP) is 0.655. The maximum atomic E-state index is 5.89. The Labute approximate surface area is 88.0 Å². The van der Waals surface area contributed by atoms with Crippen molar-refractivity contribution in [3.8, 4) is 0 Å². The van der Waals surface area contributed by atoms with Gasteiger partial charge in [0.1, 0.15) is 0 Å². The topological polar surface area (TPSA) is 41.3 Å². The first-order valence-electron chi connectivity index (χ1n) is 5.98. The van der Waals surface area contributed by atoms with Gasteiger partial charge in [0.25, 0.3) is 0 Å². The van der Waals surface area contributed by atoms with Gasteiger partial charge in [0.2, 0.25) is 0 Å². The molecule has 0 radical (unpaired) electrons. The zero-order chi connectivity index (χ0) is 10.4. The summed E-state index contributed by atoms with van der Waals surface area (Å²) in [6.45, 7) is 9.83. The van der Waals surface area contributed by atoms with Crippen LogP contribution in [-0.2, 0) is 0 Å². The van der Waals surface area contributed by atoms with Crippen molar-refractivity contribution >= 4 is 0 Å². The monoisotopic (exact) mass is 199 g/mol. The van der Waals surface area contributed by atoms with E-state index in [4.69, 9.17) is 5.73 Å². The fourth-order valence-electron chi connectivity index (χ4n) is 2.54. The van der Waals surface area contributed by atoms with Gasteiger partial charge >= 0.3 is 0 Å². The molecule has 0 aromatic carbocycles. The Morgan fingerprint density at radius 1 is 1.43 bits per heavy atom. The summed E-state index contributed by atoms with van der Waals surface area (Å²) in [6, 6.07) is 0.581. The van der Waals surface area contributed by atoms with Crippen molar-refractivity contribution in [1.29, 1.82) is 0 Å². The summed E-state index contributed by atoms with van der Waals surface area (Å²) in [4.78, 5) is 2.50. The van der Waals surface area contributed by atoms with Crippen molar-refractivity contribution in [3.05, 3.63) is 0 Å². The van der Waals surface area contributed by atoms with E-state index < -0.39 is 0 Å². The van der Waals surface area contributed by atoms with E-state index in [2.05, 4.69) is 24.1 Å². The van der Waals surface area contributed by atoms with Crippen LogP contribution in [0.4, 0.5) is 0 Å². The quantitative estimate of drug-likeness (QED) is 0.683. The molecule has 3 heteroatoms. The third-order valence-electron chi connectivity index (χ3n) is 3.40. The van der Waals surface area contributed by atoms with Crippen molar-refractivity contribution in [3.63, 3.8) is 0 Å². The number of likely N-dealkylation sites (N-methyl/N-ethyl adjacent to an activating group) is 1. The van der Waals surface area contributed by atoms with Crippen LogP contribution in [0.15, 0.2) is 0 Å². The van der Waals surface area contributed by atoms with E-state index in [1.807, 2.05) is 0 Å². The lowest BCUT2D eigenvalue weighted by Gasteiger charge is -2.37. The van der Waals surface area contributed by atoms with Gasteiger partial charge in [0, 0.05) is 12.6 Å². The summed E-state index contributed by atoms with van der Waals surface area (Å²) in [5.41, 5.74) is 5.89. The highest BCUT2D eigenvalue weighted by Crippen LogP contribution is 2.18. The first-order chi connectivity index (χ1) is 6.83. The van der Waals surface area contributed by atoms with Crippen molar-refractivity contribution < 1.29 is 0 Å². The van der Waals surface area contributed by atoms with Crippen LogP contribution < -0.4 is 11.1 Å². The number of piperidine rings is 1. The highest BCUT2D eigenvalue weighted by atomic mass is 15.2. The molecular weight excluding hydrogens is 174 g/mol. The Morgan fingerprint density at radius 3 is 2.57 bits per heavy atom. The lowest BCUT2D eigenvalue weighted by molar-refractivity contribution is 0.141. The predicted molar refractivity (Wildman–Crippen MR) is 61.4 cm³/mol. The lowest BCUT2D eigenvalue weighted by Crippen LogP contribution is -2.50. The summed E-state index contributed by atoms with van der Waals surface area (Å²) in [6.07, 6.45) is 2.65. The normalized spacial score (nSPS) is 25.3. The molecule has 2 unspecified atom stereocenters. The molecule has 0 aromatic heterocycles. The molecule has 3 N–H and O–H groups in total. The fourth-order valence-corrected chi connectivity index (χ4v) is 2.54. The number of hydrogen-bond donors (Lipinski definition) is 2. The van der Waals surface area contributed by atoms with E-state index in [9.17, 15) is 0 Å². The lowest BCUT2D eigenvalue weighted by atomic mass is 9.90. The highest BCUT2D eigenvalue weighted by Gasteiger charge is 2.25. The van der Waals surface area contributed by atoms with Crippen LogP contribution in [0, 0.1) is 5.92 Å². The molecule has 14 heavy (non-hydrogen) atoms. The molecule has 1 aliphatic rings. The van der Waals surface area contributed by atoms with Gasteiger partial charge < -0.3 is 11.1 Å². The zero-order valence-electron chi connectivity index (χ0n) is 9.63. The second-order valence-corrected chi connectivity index (χ2v) is 4.13. The average Bonchev–Trinajstić information content (AvgIpc) is 2.27. The maximum Gasteiger partial charge on any atom is 0.0258 e. The van der Waals surface area contributed by atoms with Crippen LogP contribution in [0.3, 0.4) is 0 Å². The molecule has 84 valence electrons. The highest BCUT2D eigenvalue weighted by molar-refractivity contribution is 4.83. The molecule has 2 atom stereocenters. The van der Waals surface area contributed by atoms with Crippen molar-refractivity contribution in [2.24, 2.45) is 11.7 Å².